The molecule has 2 N–H and O–H groups in total. The zero-order valence-electron chi connectivity index (χ0n) is 22.2. The van der Waals surface area contributed by atoms with Gasteiger partial charge in [0.1, 0.15) is 12.1 Å². The summed E-state index contributed by atoms with van der Waals surface area (Å²) in [4.78, 5) is 7.50. The van der Waals surface area contributed by atoms with Crippen LogP contribution in [0.25, 0.3) is 11.3 Å². The summed E-state index contributed by atoms with van der Waals surface area (Å²) in [5, 5.41) is 14.9. The van der Waals surface area contributed by atoms with Crippen LogP contribution in [0.5, 0.6) is 0 Å². The molecule has 0 amide bonds. The second-order valence-electron chi connectivity index (χ2n) is 10.9. The minimum atomic E-state index is -0.711. The summed E-state index contributed by atoms with van der Waals surface area (Å²) >= 11 is 0. The molecule has 4 rings (SSSR count). The van der Waals surface area contributed by atoms with Gasteiger partial charge in [-0.1, -0.05) is 81.4 Å². The fourth-order valence-electron chi connectivity index (χ4n) is 5.22. The van der Waals surface area contributed by atoms with Crippen molar-refractivity contribution in [3.05, 3.63) is 78.2 Å². The maximum Gasteiger partial charge on any atom is 0.131 e. The first-order valence-corrected chi connectivity index (χ1v) is 13.3. The topological polar surface area (TPSA) is 62.6 Å². The zero-order chi connectivity index (χ0) is 25.5. The van der Waals surface area contributed by atoms with E-state index in [1.807, 2.05) is 19.1 Å². The van der Waals surface area contributed by atoms with Gasteiger partial charge in [0.25, 0.3) is 0 Å². The number of nitrogens with zero attached hydrogens (tertiary/aromatic N) is 3. The Balaban J connectivity index is 1.79. The van der Waals surface area contributed by atoms with Crippen LogP contribution in [0.3, 0.4) is 0 Å². The van der Waals surface area contributed by atoms with Gasteiger partial charge in [-0.25, -0.2) is 4.98 Å². The Morgan fingerprint density at radius 2 is 1.81 bits per heavy atom. The van der Waals surface area contributed by atoms with Crippen molar-refractivity contribution < 1.29 is 9.84 Å². The molecule has 1 unspecified atom stereocenters. The normalized spacial score (nSPS) is 18.0. The smallest absolute Gasteiger partial charge is 0.131 e. The average Bonchev–Trinajstić information content (AvgIpc) is 3.53. The molecule has 6 heteroatoms. The van der Waals surface area contributed by atoms with Crippen LogP contribution in [0.1, 0.15) is 51.5 Å². The number of rotatable bonds is 11. The number of aliphatic hydroxyl groups excluding tert-OH is 1. The molecule has 194 valence electrons. The van der Waals surface area contributed by atoms with Crippen LogP contribution in [0.4, 0.5) is 0 Å². The molecule has 1 fully saturated rings. The summed E-state index contributed by atoms with van der Waals surface area (Å²) < 4.78 is 7.98. The van der Waals surface area contributed by atoms with E-state index in [0.29, 0.717) is 12.5 Å². The number of imidazole rings is 1. The van der Waals surface area contributed by atoms with E-state index in [9.17, 15) is 5.11 Å². The number of hydrogen-bond donors (Lipinski definition) is 2. The maximum absolute atomic E-state index is 11.4. The molecule has 3 atom stereocenters. The predicted molar refractivity (Wildman–Crippen MR) is 146 cm³/mol. The lowest BCUT2D eigenvalue weighted by atomic mass is 9.84. The van der Waals surface area contributed by atoms with Crippen LogP contribution in [-0.4, -0.2) is 58.6 Å². The molecule has 1 aromatic heterocycles. The highest BCUT2D eigenvalue weighted by molar-refractivity contribution is 5.58. The fraction of sp³-hybridized carbons (Fsp3) is 0.500. The molecule has 2 aromatic carbocycles. The molecular formula is C30H42N4O2. The molecule has 6 nitrogen and oxygen atoms in total. The van der Waals surface area contributed by atoms with Crippen molar-refractivity contribution in [2.45, 2.75) is 52.9 Å². The first-order chi connectivity index (χ1) is 17.4. The first-order valence-electron chi connectivity index (χ1n) is 13.3. The van der Waals surface area contributed by atoms with E-state index >= 15 is 0 Å². The average molecular weight is 491 g/mol. The largest absolute Gasteiger partial charge is 0.378 e. The van der Waals surface area contributed by atoms with Crippen molar-refractivity contribution in [1.29, 1.82) is 0 Å². The van der Waals surface area contributed by atoms with Gasteiger partial charge in [0.05, 0.1) is 18.3 Å². The third-order valence-corrected chi connectivity index (χ3v) is 6.95. The summed E-state index contributed by atoms with van der Waals surface area (Å²) in [5.74, 6) is 1.46. The van der Waals surface area contributed by atoms with E-state index in [-0.39, 0.29) is 18.1 Å². The van der Waals surface area contributed by atoms with E-state index in [1.54, 1.807) is 0 Å². The Morgan fingerprint density at radius 1 is 1.11 bits per heavy atom. The Kier molecular flexibility index (Phi) is 8.96. The Labute approximate surface area is 216 Å². The van der Waals surface area contributed by atoms with Crippen LogP contribution >= 0.6 is 0 Å². The Hall–Kier alpha value is -2.51. The predicted octanol–water partition coefficient (Wildman–Crippen LogP) is 4.95. The van der Waals surface area contributed by atoms with Crippen molar-refractivity contribution in [2.75, 3.05) is 32.8 Å². The zero-order valence-corrected chi connectivity index (χ0v) is 22.2. The SMILES string of the molecule is CCOCC(O)N(C[C@H]1CCNC1)[C@@H](c1nc(-c2ccccc2)cn1Cc1ccccc1)C(C)(C)C. The van der Waals surface area contributed by atoms with E-state index in [1.165, 1.54) is 5.56 Å². The number of aromatic nitrogens is 2. The second-order valence-corrected chi connectivity index (χ2v) is 10.9. The Morgan fingerprint density at radius 3 is 2.42 bits per heavy atom. The molecular weight excluding hydrogens is 448 g/mol. The minimum Gasteiger partial charge on any atom is -0.378 e. The third-order valence-electron chi connectivity index (χ3n) is 6.95. The van der Waals surface area contributed by atoms with Crippen LogP contribution < -0.4 is 5.32 Å². The van der Waals surface area contributed by atoms with Gasteiger partial charge in [0.15, 0.2) is 0 Å². The van der Waals surface area contributed by atoms with Gasteiger partial charge in [-0.3, -0.25) is 4.90 Å². The number of aliphatic hydroxyl groups is 1. The van der Waals surface area contributed by atoms with E-state index in [0.717, 1.165) is 49.7 Å². The molecule has 0 saturated carbocycles. The number of nitrogens with one attached hydrogen (secondary N) is 1. The molecule has 3 aromatic rings. The van der Waals surface area contributed by atoms with Crippen molar-refractivity contribution in [1.82, 2.24) is 19.8 Å². The summed E-state index contributed by atoms with van der Waals surface area (Å²) in [5.41, 5.74) is 3.11. The molecule has 0 spiro atoms. The second kappa shape index (κ2) is 12.2. The molecule has 0 radical (unpaired) electrons. The van der Waals surface area contributed by atoms with Crippen LogP contribution in [0.2, 0.25) is 0 Å². The fourth-order valence-corrected chi connectivity index (χ4v) is 5.22. The molecule has 1 saturated heterocycles. The van der Waals surface area contributed by atoms with Crippen molar-refractivity contribution in [3.8, 4) is 11.3 Å². The standard InChI is InChI=1S/C30H42N4O2/c1-5-36-22-27(35)34(20-24-16-17-31-18-24)28(30(2,3)4)29-32-26(25-14-10-7-11-15-25)21-33(29)19-23-12-8-6-9-13-23/h6-15,21,24,27-28,31,35H,5,16-20,22H2,1-4H3/t24-,27?,28-/m0/s1. The minimum absolute atomic E-state index is 0.102. The summed E-state index contributed by atoms with van der Waals surface area (Å²) in [6.07, 6.45) is 2.57. The van der Waals surface area contributed by atoms with Gasteiger partial charge >= 0.3 is 0 Å². The van der Waals surface area contributed by atoms with Crippen LogP contribution in [-0.2, 0) is 11.3 Å². The lowest BCUT2D eigenvalue weighted by Crippen LogP contribution is -2.49. The number of hydrogen-bond acceptors (Lipinski definition) is 5. The molecule has 0 bridgehead atoms. The van der Waals surface area contributed by atoms with E-state index in [2.05, 4.69) is 90.3 Å². The van der Waals surface area contributed by atoms with Gasteiger partial charge in [0.2, 0.25) is 0 Å². The van der Waals surface area contributed by atoms with Gasteiger partial charge in [-0.15, -0.1) is 0 Å². The molecule has 1 aliphatic rings. The van der Waals surface area contributed by atoms with Gasteiger partial charge in [-0.05, 0) is 43.3 Å². The van der Waals surface area contributed by atoms with Crippen molar-refractivity contribution in [2.24, 2.45) is 11.3 Å². The third kappa shape index (κ3) is 6.62. The molecule has 2 heterocycles. The summed E-state index contributed by atoms with van der Waals surface area (Å²) in [7, 11) is 0. The quantitative estimate of drug-likeness (QED) is 0.372. The van der Waals surface area contributed by atoms with Gasteiger partial charge in [-0.2, -0.15) is 0 Å². The highest BCUT2D eigenvalue weighted by atomic mass is 16.5. The summed E-state index contributed by atoms with van der Waals surface area (Å²) in [6, 6.07) is 20.8. The van der Waals surface area contributed by atoms with E-state index in [4.69, 9.17) is 9.72 Å². The van der Waals surface area contributed by atoms with Crippen LogP contribution in [0.15, 0.2) is 66.9 Å². The van der Waals surface area contributed by atoms with Gasteiger partial charge < -0.3 is 19.7 Å². The highest BCUT2D eigenvalue weighted by Gasteiger charge is 2.40. The monoisotopic (exact) mass is 490 g/mol. The molecule has 0 aliphatic carbocycles. The summed E-state index contributed by atoms with van der Waals surface area (Å²) in [6.45, 7) is 13.1. The molecule has 1 aliphatic heterocycles. The van der Waals surface area contributed by atoms with E-state index < -0.39 is 6.23 Å². The first kappa shape index (κ1) is 26.6. The number of ether oxygens (including phenoxy) is 1. The molecule has 36 heavy (non-hydrogen) atoms. The maximum atomic E-state index is 11.4. The van der Waals surface area contributed by atoms with Gasteiger partial charge in [0, 0.05) is 31.5 Å². The van der Waals surface area contributed by atoms with Crippen LogP contribution in [0, 0.1) is 11.3 Å². The Bertz CT molecular complexity index is 1060. The van der Waals surface area contributed by atoms with Crippen molar-refractivity contribution in [3.63, 3.8) is 0 Å². The highest BCUT2D eigenvalue weighted by Crippen LogP contribution is 2.40. The van der Waals surface area contributed by atoms with Crippen molar-refractivity contribution >= 4 is 0 Å². The lowest BCUT2D eigenvalue weighted by molar-refractivity contribution is -0.103. The lowest BCUT2D eigenvalue weighted by Gasteiger charge is -2.43. The number of benzene rings is 2.